The molecule has 0 aromatic carbocycles. The van der Waals surface area contributed by atoms with Gasteiger partial charge in [0.25, 0.3) is 0 Å². The number of carboxylic acid groups (broad SMARTS) is 1. The minimum atomic E-state index is -0.988. The van der Waals surface area contributed by atoms with Gasteiger partial charge in [0.1, 0.15) is 0 Å². The molecule has 0 fully saturated rings. The SMILES string of the molecule is CCO.CCO.CCO.CCO.CCO.CCO.CCO.CCO.CCO.CCOC=CC(=O)O. The highest BCUT2D eigenvalue weighted by Crippen LogP contribution is 1.74. The lowest BCUT2D eigenvalue weighted by Crippen LogP contribution is -1.87. The third kappa shape index (κ3) is 2300. The summed E-state index contributed by atoms with van der Waals surface area (Å²) < 4.78 is 4.58. The number of aliphatic carboxylic acids is 1. The van der Waals surface area contributed by atoms with Gasteiger partial charge < -0.3 is 55.8 Å². The monoisotopic (exact) mass is 530 g/mol. The van der Waals surface area contributed by atoms with Crippen LogP contribution in [-0.2, 0) is 9.53 Å². The van der Waals surface area contributed by atoms with E-state index < -0.39 is 5.97 Å². The van der Waals surface area contributed by atoms with Gasteiger partial charge in [0.2, 0.25) is 0 Å². The van der Waals surface area contributed by atoms with Crippen LogP contribution in [0.5, 0.6) is 0 Å². The first kappa shape index (κ1) is 64.1. The van der Waals surface area contributed by atoms with Crippen molar-refractivity contribution < 1.29 is 60.6 Å². The Hall–Kier alpha value is -1.35. The van der Waals surface area contributed by atoms with Gasteiger partial charge in [-0.05, 0) is 69.2 Å². The first-order chi connectivity index (χ1) is 16.5. The number of aliphatic hydroxyl groups excluding tert-OH is 9. The quantitative estimate of drug-likeness (QED) is 0.179. The average Bonchev–Trinajstić information content (AvgIpc) is 2.73. The summed E-state index contributed by atoms with van der Waals surface area (Å²) in [4.78, 5) is 9.71. The Kier molecular flexibility index (Phi) is 279. The predicted molar refractivity (Wildman–Crippen MR) is 143 cm³/mol. The van der Waals surface area contributed by atoms with Crippen LogP contribution < -0.4 is 0 Å². The summed E-state index contributed by atoms with van der Waals surface area (Å²) in [7, 11) is 0. The molecular weight excluding hydrogens is 468 g/mol. The summed E-state index contributed by atoms with van der Waals surface area (Å²) in [6.45, 7) is 19.7. The second-order valence-corrected chi connectivity index (χ2v) is 3.94. The van der Waals surface area contributed by atoms with E-state index >= 15 is 0 Å². The topological polar surface area (TPSA) is 229 Å². The summed E-state index contributed by atoms with van der Waals surface area (Å²) in [6, 6.07) is 0. The largest absolute Gasteiger partial charge is 0.501 e. The molecule has 10 N–H and O–H groups in total. The predicted octanol–water partition coefficient (Wildman–Crippen LogP) is 0.609. The van der Waals surface area contributed by atoms with Crippen LogP contribution in [0, 0.1) is 0 Å². The van der Waals surface area contributed by atoms with Gasteiger partial charge in [0.05, 0.1) is 18.9 Å². The molecule has 0 saturated heterocycles. The van der Waals surface area contributed by atoms with Gasteiger partial charge in [-0.25, -0.2) is 4.79 Å². The minimum Gasteiger partial charge on any atom is -0.501 e. The van der Waals surface area contributed by atoms with Gasteiger partial charge in [0, 0.05) is 59.5 Å². The van der Waals surface area contributed by atoms with E-state index in [1.54, 1.807) is 69.2 Å². The zero-order valence-corrected chi connectivity index (χ0v) is 24.0. The lowest BCUT2D eigenvalue weighted by atomic mass is 10.6. The zero-order chi connectivity index (χ0) is 30.8. The van der Waals surface area contributed by atoms with Crippen LogP contribution in [0.3, 0.4) is 0 Å². The van der Waals surface area contributed by atoms with Gasteiger partial charge in [-0.15, -0.1) is 0 Å². The molecule has 0 bridgehead atoms. The van der Waals surface area contributed by atoms with Crippen molar-refractivity contribution in [2.75, 3.05) is 66.1 Å². The molecule has 0 rings (SSSR count). The van der Waals surface area contributed by atoms with Crippen LogP contribution in [-0.4, -0.2) is 123 Å². The molecule has 0 aliphatic heterocycles. The van der Waals surface area contributed by atoms with Gasteiger partial charge >= 0.3 is 5.97 Å². The van der Waals surface area contributed by atoms with Crippen molar-refractivity contribution in [3.05, 3.63) is 12.3 Å². The maximum atomic E-state index is 9.71. The zero-order valence-electron chi connectivity index (χ0n) is 24.0. The van der Waals surface area contributed by atoms with Crippen molar-refractivity contribution in [1.82, 2.24) is 0 Å². The highest BCUT2D eigenvalue weighted by atomic mass is 16.5. The van der Waals surface area contributed by atoms with E-state index in [0.717, 1.165) is 12.3 Å². The highest BCUT2D eigenvalue weighted by molar-refractivity contribution is 5.79. The third-order valence-electron chi connectivity index (χ3n) is 0.474. The summed E-state index contributed by atoms with van der Waals surface area (Å²) in [6.07, 6.45) is 2.10. The van der Waals surface area contributed by atoms with E-state index in [1.165, 1.54) is 0 Å². The molecule has 0 saturated carbocycles. The third-order valence-corrected chi connectivity index (χ3v) is 0.474. The fourth-order valence-corrected chi connectivity index (χ4v) is 0.203. The minimum absolute atomic E-state index is 0.250. The molecule has 0 heterocycles. The van der Waals surface area contributed by atoms with Crippen LogP contribution in [0.25, 0.3) is 0 Å². The Balaban J connectivity index is -0.0000000257. The first-order valence-electron chi connectivity index (χ1n) is 11.5. The van der Waals surface area contributed by atoms with Crippen molar-refractivity contribution in [3.63, 3.8) is 0 Å². The Morgan fingerprint density at radius 1 is 0.486 bits per heavy atom. The van der Waals surface area contributed by atoms with Crippen LogP contribution in [0.1, 0.15) is 69.2 Å². The molecule has 0 spiro atoms. The molecule has 0 aliphatic carbocycles. The summed E-state index contributed by atoms with van der Waals surface area (Å²) in [5.74, 6) is -0.988. The number of rotatable bonds is 3. The highest BCUT2D eigenvalue weighted by Gasteiger charge is 1.81. The van der Waals surface area contributed by atoms with Gasteiger partial charge in [-0.2, -0.15) is 0 Å². The Morgan fingerprint density at radius 2 is 0.629 bits per heavy atom. The van der Waals surface area contributed by atoms with Crippen molar-refractivity contribution in [2.24, 2.45) is 0 Å². The molecule has 0 amide bonds. The van der Waals surface area contributed by atoms with E-state index in [0.29, 0.717) is 6.61 Å². The van der Waals surface area contributed by atoms with Crippen LogP contribution in [0.2, 0.25) is 0 Å². The van der Waals surface area contributed by atoms with E-state index in [-0.39, 0.29) is 59.5 Å². The lowest BCUT2D eigenvalue weighted by molar-refractivity contribution is -0.131. The molecule has 0 aromatic rings. The van der Waals surface area contributed by atoms with E-state index in [1.807, 2.05) is 0 Å². The molecule has 0 aliphatic rings. The number of hydrogen-bond donors (Lipinski definition) is 10. The Bertz CT molecular complexity index is 192. The molecule has 35 heavy (non-hydrogen) atoms. The second-order valence-electron chi connectivity index (χ2n) is 3.94. The first-order valence-corrected chi connectivity index (χ1v) is 11.5. The van der Waals surface area contributed by atoms with E-state index in [2.05, 4.69) is 4.74 Å². The Morgan fingerprint density at radius 3 is 0.714 bits per heavy atom. The number of hydrogen-bond acceptors (Lipinski definition) is 11. The van der Waals surface area contributed by atoms with Crippen molar-refractivity contribution in [2.45, 2.75) is 69.2 Å². The number of ether oxygens (including phenoxy) is 1. The molecule has 0 radical (unpaired) electrons. The van der Waals surface area contributed by atoms with Crippen LogP contribution in [0.4, 0.5) is 0 Å². The summed E-state index contributed by atoms with van der Waals surface area (Å²) in [5, 5.41) is 76.1. The number of aliphatic hydroxyl groups is 9. The molecule has 12 nitrogen and oxygen atoms in total. The molecular formula is C23H62O12. The maximum Gasteiger partial charge on any atom is 0.331 e. The van der Waals surface area contributed by atoms with Gasteiger partial charge in [-0.1, -0.05) is 0 Å². The molecule has 226 valence electrons. The fourth-order valence-electron chi connectivity index (χ4n) is 0.203. The summed E-state index contributed by atoms with van der Waals surface area (Å²) >= 11 is 0. The number of carboxylic acids is 1. The van der Waals surface area contributed by atoms with Gasteiger partial charge in [-0.3, -0.25) is 0 Å². The molecule has 12 heteroatoms. The number of carbonyl (C=O) groups is 1. The van der Waals surface area contributed by atoms with Crippen molar-refractivity contribution in [3.8, 4) is 0 Å². The fraction of sp³-hybridized carbons (Fsp3) is 0.870. The maximum absolute atomic E-state index is 9.71. The van der Waals surface area contributed by atoms with Crippen molar-refractivity contribution in [1.29, 1.82) is 0 Å². The van der Waals surface area contributed by atoms with Crippen LogP contribution in [0.15, 0.2) is 12.3 Å². The standard InChI is InChI=1S/C5H8O3.9C2H6O/c1-2-8-4-3-5(6)7;9*1-2-3/h3-4H,2H2,1H3,(H,6,7);9*3H,2H2,1H3. The second kappa shape index (κ2) is 152. The molecule has 0 unspecified atom stereocenters. The summed E-state index contributed by atoms with van der Waals surface area (Å²) in [5.41, 5.74) is 0. The van der Waals surface area contributed by atoms with E-state index in [9.17, 15) is 4.79 Å². The molecule has 0 atom stereocenters. The smallest absolute Gasteiger partial charge is 0.331 e. The van der Waals surface area contributed by atoms with Gasteiger partial charge in [0.15, 0.2) is 0 Å². The Labute approximate surface area is 214 Å². The normalized spacial score (nSPS) is 6.83. The lowest BCUT2D eigenvalue weighted by Gasteiger charge is -1.87. The van der Waals surface area contributed by atoms with Crippen LogP contribution >= 0.6 is 0 Å². The average molecular weight is 531 g/mol. The van der Waals surface area contributed by atoms with Crippen molar-refractivity contribution >= 4 is 5.97 Å². The molecule has 0 aromatic heterocycles. The van der Waals surface area contributed by atoms with E-state index in [4.69, 9.17) is 51.1 Å².